The maximum Gasteiger partial charge on any atom is 0.248 e. The number of amides is 1. The predicted octanol–water partition coefficient (Wildman–Crippen LogP) is 3.13. The lowest BCUT2D eigenvalue weighted by Gasteiger charge is -2.04. The number of hydrogen-bond donors (Lipinski definition) is 2. The summed E-state index contributed by atoms with van der Waals surface area (Å²) >= 11 is 3.04. The highest BCUT2D eigenvalue weighted by Gasteiger charge is 2.10. The van der Waals surface area contributed by atoms with Crippen LogP contribution in [0.5, 0.6) is 0 Å². The minimum Gasteiger partial charge on any atom is -0.398 e. The number of para-hydroxylation sites is 1. The van der Waals surface area contributed by atoms with Gasteiger partial charge in [0.1, 0.15) is 0 Å². The Hall–Kier alpha value is -2.05. The van der Waals surface area contributed by atoms with Crippen molar-refractivity contribution in [3.8, 4) is 0 Å². The zero-order valence-corrected chi connectivity index (χ0v) is 12.0. The molecule has 0 aliphatic carbocycles. The topological polar surface area (TPSA) is 82.0 Å². The fourth-order valence-electron chi connectivity index (χ4n) is 1.76. The van der Waals surface area contributed by atoms with Gasteiger partial charge in [0.15, 0.2) is 4.34 Å². The molecule has 2 aromatic carbocycles. The normalized spacial score (nSPS) is 10.8. The van der Waals surface area contributed by atoms with Crippen LogP contribution in [0.25, 0.3) is 10.2 Å². The minimum absolute atomic E-state index is 0.447. The average molecular weight is 301 g/mol. The standard InChI is InChI=1S/C14H11N3OS2/c15-9-6-5-8(13(16)18)7-12(9)20-14-17-10-3-1-2-4-11(10)19-14/h1-7H,15H2,(H2,16,18). The molecule has 0 saturated carbocycles. The van der Waals surface area contributed by atoms with Gasteiger partial charge in [-0.25, -0.2) is 4.98 Å². The molecule has 100 valence electrons. The number of benzene rings is 2. The highest BCUT2D eigenvalue weighted by molar-refractivity contribution is 8.01. The number of nitrogens with zero attached hydrogens (tertiary/aromatic N) is 1. The molecule has 1 heterocycles. The summed E-state index contributed by atoms with van der Waals surface area (Å²) < 4.78 is 2.01. The molecule has 3 aromatic rings. The van der Waals surface area contributed by atoms with E-state index >= 15 is 0 Å². The number of carbonyl (C=O) groups excluding carboxylic acids is 1. The highest BCUT2D eigenvalue weighted by atomic mass is 32.2. The molecule has 4 N–H and O–H groups in total. The molecule has 20 heavy (non-hydrogen) atoms. The second-order valence-corrected chi connectivity index (χ2v) is 6.49. The van der Waals surface area contributed by atoms with Crippen LogP contribution < -0.4 is 11.5 Å². The van der Waals surface area contributed by atoms with E-state index in [1.807, 2.05) is 24.3 Å². The van der Waals surface area contributed by atoms with Gasteiger partial charge in [0.2, 0.25) is 5.91 Å². The lowest BCUT2D eigenvalue weighted by atomic mass is 10.2. The number of nitrogen functional groups attached to an aromatic ring is 1. The van der Waals surface area contributed by atoms with Gasteiger partial charge in [-0.2, -0.15) is 0 Å². The molecule has 1 amide bonds. The van der Waals surface area contributed by atoms with Crippen molar-refractivity contribution < 1.29 is 4.79 Å². The molecule has 4 nitrogen and oxygen atoms in total. The number of anilines is 1. The van der Waals surface area contributed by atoms with E-state index in [0.717, 1.165) is 19.5 Å². The first-order chi connectivity index (χ1) is 9.63. The lowest BCUT2D eigenvalue weighted by Crippen LogP contribution is -2.11. The Morgan fingerprint density at radius 3 is 2.75 bits per heavy atom. The molecule has 3 rings (SSSR count). The van der Waals surface area contributed by atoms with Crippen molar-refractivity contribution in [3.05, 3.63) is 48.0 Å². The van der Waals surface area contributed by atoms with Crippen molar-refractivity contribution in [3.63, 3.8) is 0 Å². The van der Waals surface area contributed by atoms with E-state index in [9.17, 15) is 4.79 Å². The third-order valence-electron chi connectivity index (χ3n) is 2.77. The Morgan fingerprint density at radius 2 is 2.00 bits per heavy atom. The fourth-order valence-corrected chi connectivity index (χ4v) is 3.87. The maximum atomic E-state index is 11.2. The molecule has 0 unspecified atom stereocenters. The molecule has 6 heteroatoms. The molecule has 0 spiro atoms. The molecule has 0 fully saturated rings. The van der Waals surface area contributed by atoms with Crippen LogP contribution >= 0.6 is 23.1 Å². The molecule has 0 bridgehead atoms. The van der Waals surface area contributed by atoms with Gasteiger partial charge in [-0.3, -0.25) is 4.79 Å². The molecule has 0 aliphatic heterocycles. The van der Waals surface area contributed by atoms with Crippen molar-refractivity contribution in [2.24, 2.45) is 5.73 Å². The predicted molar refractivity (Wildman–Crippen MR) is 83.1 cm³/mol. The van der Waals surface area contributed by atoms with Crippen molar-refractivity contribution in [2.45, 2.75) is 9.24 Å². The van der Waals surface area contributed by atoms with E-state index < -0.39 is 5.91 Å². The van der Waals surface area contributed by atoms with Gasteiger partial charge in [0.25, 0.3) is 0 Å². The summed E-state index contributed by atoms with van der Waals surface area (Å²) in [5.41, 5.74) is 13.2. The monoisotopic (exact) mass is 301 g/mol. The molecule has 0 radical (unpaired) electrons. The van der Waals surface area contributed by atoms with Crippen molar-refractivity contribution in [2.75, 3.05) is 5.73 Å². The summed E-state index contributed by atoms with van der Waals surface area (Å²) in [7, 11) is 0. The van der Waals surface area contributed by atoms with Crippen LogP contribution in [0, 0.1) is 0 Å². The zero-order valence-electron chi connectivity index (χ0n) is 10.4. The van der Waals surface area contributed by atoms with Crippen molar-refractivity contribution in [1.29, 1.82) is 0 Å². The van der Waals surface area contributed by atoms with Gasteiger partial charge in [-0.05, 0) is 30.3 Å². The lowest BCUT2D eigenvalue weighted by molar-refractivity contribution is 0.1000. The Labute approximate surface area is 123 Å². The molecule has 1 aromatic heterocycles. The third kappa shape index (κ3) is 2.48. The number of fused-ring (bicyclic) bond motifs is 1. The third-order valence-corrected chi connectivity index (χ3v) is 4.94. The van der Waals surface area contributed by atoms with E-state index in [-0.39, 0.29) is 0 Å². The molecule has 0 atom stereocenters. The Kier molecular flexibility index (Phi) is 3.33. The van der Waals surface area contributed by atoms with Crippen LogP contribution in [0.15, 0.2) is 51.7 Å². The second kappa shape index (κ2) is 5.15. The molecular formula is C14H11N3OS2. The van der Waals surface area contributed by atoms with Gasteiger partial charge >= 0.3 is 0 Å². The van der Waals surface area contributed by atoms with Crippen molar-refractivity contribution in [1.82, 2.24) is 4.98 Å². The second-order valence-electron chi connectivity index (χ2n) is 4.17. The first kappa shape index (κ1) is 13.0. The minimum atomic E-state index is -0.462. The summed E-state index contributed by atoms with van der Waals surface area (Å²) in [4.78, 5) is 16.5. The Balaban J connectivity index is 1.97. The number of rotatable bonds is 3. The van der Waals surface area contributed by atoms with Crippen LogP contribution in [0.1, 0.15) is 10.4 Å². The summed E-state index contributed by atoms with van der Waals surface area (Å²) in [5.74, 6) is -0.462. The number of primary amides is 1. The fraction of sp³-hybridized carbons (Fsp3) is 0. The maximum absolute atomic E-state index is 11.2. The van der Waals surface area contributed by atoms with Crippen LogP contribution in [0.4, 0.5) is 5.69 Å². The van der Waals surface area contributed by atoms with Gasteiger partial charge in [-0.15, -0.1) is 11.3 Å². The smallest absolute Gasteiger partial charge is 0.248 e. The van der Waals surface area contributed by atoms with Crippen LogP contribution in [-0.2, 0) is 0 Å². The summed E-state index contributed by atoms with van der Waals surface area (Å²) in [6, 6.07) is 13.0. The first-order valence-corrected chi connectivity index (χ1v) is 7.49. The van der Waals surface area contributed by atoms with Crippen molar-refractivity contribution >= 4 is 44.9 Å². The van der Waals surface area contributed by atoms with E-state index in [0.29, 0.717) is 11.3 Å². The number of thiazole rings is 1. The molecule has 0 saturated heterocycles. The van der Waals surface area contributed by atoms with Gasteiger partial charge < -0.3 is 11.5 Å². The van der Waals surface area contributed by atoms with Gasteiger partial charge in [-0.1, -0.05) is 23.9 Å². The quantitative estimate of drug-likeness (QED) is 0.728. The van der Waals surface area contributed by atoms with E-state index in [1.165, 1.54) is 11.8 Å². The Morgan fingerprint density at radius 1 is 1.20 bits per heavy atom. The van der Waals surface area contributed by atoms with Crippen LogP contribution in [-0.4, -0.2) is 10.9 Å². The number of hydrogen-bond acceptors (Lipinski definition) is 5. The van der Waals surface area contributed by atoms with E-state index in [4.69, 9.17) is 11.5 Å². The SMILES string of the molecule is NC(=O)c1ccc(N)c(Sc2nc3ccccc3s2)c1. The average Bonchev–Trinajstić information content (AvgIpc) is 2.83. The van der Waals surface area contributed by atoms with Crippen LogP contribution in [0.3, 0.4) is 0 Å². The number of carbonyl (C=O) groups is 1. The van der Waals surface area contributed by atoms with E-state index in [2.05, 4.69) is 4.98 Å². The van der Waals surface area contributed by atoms with Gasteiger partial charge in [0, 0.05) is 16.1 Å². The van der Waals surface area contributed by atoms with Gasteiger partial charge in [0.05, 0.1) is 10.2 Å². The van der Waals surface area contributed by atoms with E-state index in [1.54, 1.807) is 29.5 Å². The zero-order chi connectivity index (χ0) is 14.1. The number of nitrogens with two attached hydrogens (primary N) is 2. The summed E-state index contributed by atoms with van der Waals surface area (Å²) in [6.07, 6.45) is 0. The first-order valence-electron chi connectivity index (χ1n) is 5.86. The van der Waals surface area contributed by atoms with Crippen LogP contribution in [0.2, 0.25) is 0 Å². The largest absolute Gasteiger partial charge is 0.398 e. The Bertz CT molecular complexity index is 765. The molecule has 0 aliphatic rings. The highest BCUT2D eigenvalue weighted by Crippen LogP contribution is 2.37. The molecular weight excluding hydrogens is 290 g/mol. The number of aromatic nitrogens is 1. The summed E-state index contributed by atoms with van der Waals surface area (Å²) in [6.45, 7) is 0. The summed E-state index contributed by atoms with van der Waals surface area (Å²) in [5, 5.41) is 0.